The minimum absolute atomic E-state index is 0.152. The molecule has 0 radical (unpaired) electrons. The molecule has 0 bridgehead atoms. The third kappa shape index (κ3) is 3.43. The highest BCUT2D eigenvalue weighted by Gasteiger charge is 2.05. The first-order chi connectivity index (χ1) is 7.16. The molecule has 1 heterocycles. The Labute approximate surface area is 104 Å². The Morgan fingerprint density at radius 1 is 1.47 bits per heavy atom. The van der Waals surface area contributed by atoms with Crippen LogP contribution in [0.5, 0.6) is 0 Å². The van der Waals surface area contributed by atoms with Crippen LogP contribution in [0.3, 0.4) is 0 Å². The second kappa shape index (κ2) is 6.03. The third-order valence-corrected chi connectivity index (χ3v) is 3.75. The van der Waals surface area contributed by atoms with Gasteiger partial charge in [-0.25, -0.2) is 4.68 Å². The normalized spacial score (nSPS) is 9.93. The molecule has 1 aromatic rings. The molecule has 15 heavy (non-hydrogen) atoms. The molecule has 6 heteroatoms. The Morgan fingerprint density at radius 2 is 2.20 bits per heavy atom. The number of rotatable bonds is 4. The summed E-state index contributed by atoms with van der Waals surface area (Å²) in [7, 11) is 0. The standard InChI is InChI=1S/C9H9Br2N3O/c10-7-6-13-14(9(15)8(7)11)5-3-1-2-4-12/h6H,1-3,5H2. The van der Waals surface area contributed by atoms with Crippen LogP contribution in [0, 0.1) is 11.3 Å². The van der Waals surface area contributed by atoms with E-state index in [0.717, 1.165) is 12.8 Å². The Hall–Kier alpha value is -0.670. The summed E-state index contributed by atoms with van der Waals surface area (Å²) in [6.45, 7) is 0.548. The molecule has 80 valence electrons. The van der Waals surface area contributed by atoms with E-state index in [1.165, 1.54) is 4.68 Å². The van der Waals surface area contributed by atoms with Crippen LogP contribution in [0.2, 0.25) is 0 Å². The molecule has 0 saturated heterocycles. The maximum atomic E-state index is 11.6. The van der Waals surface area contributed by atoms with Crippen molar-refractivity contribution in [1.82, 2.24) is 9.78 Å². The molecule has 4 nitrogen and oxygen atoms in total. The third-order valence-electron chi connectivity index (χ3n) is 1.85. The minimum atomic E-state index is -0.152. The quantitative estimate of drug-likeness (QED) is 0.795. The fraction of sp³-hybridized carbons (Fsp3) is 0.444. The van der Waals surface area contributed by atoms with Crippen molar-refractivity contribution >= 4 is 31.9 Å². The van der Waals surface area contributed by atoms with E-state index >= 15 is 0 Å². The molecule has 0 fully saturated rings. The molecule has 0 N–H and O–H groups in total. The van der Waals surface area contributed by atoms with Crippen molar-refractivity contribution in [2.24, 2.45) is 0 Å². The number of aryl methyl sites for hydroxylation is 1. The predicted molar refractivity (Wildman–Crippen MR) is 63.4 cm³/mol. The average Bonchev–Trinajstić information content (AvgIpc) is 2.24. The summed E-state index contributed by atoms with van der Waals surface area (Å²) in [6, 6.07) is 2.06. The number of halogens is 2. The molecule has 0 aliphatic carbocycles. The molecule has 0 aliphatic heterocycles. The first-order valence-corrected chi connectivity index (χ1v) is 6.03. The van der Waals surface area contributed by atoms with Gasteiger partial charge in [0, 0.05) is 13.0 Å². The number of aromatic nitrogens is 2. The lowest BCUT2D eigenvalue weighted by Gasteiger charge is -2.04. The highest BCUT2D eigenvalue weighted by Crippen LogP contribution is 2.16. The van der Waals surface area contributed by atoms with E-state index in [2.05, 4.69) is 43.0 Å². The molecule has 0 aromatic carbocycles. The molecular weight excluding hydrogens is 326 g/mol. The summed E-state index contributed by atoms with van der Waals surface area (Å²) in [6.07, 6.45) is 3.68. The van der Waals surface area contributed by atoms with Gasteiger partial charge in [0.1, 0.15) is 4.47 Å². The van der Waals surface area contributed by atoms with Gasteiger partial charge >= 0.3 is 0 Å². The molecular formula is C9H9Br2N3O. The molecule has 0 aliphatic rings. The number of hydrogen-bond donors (Lipinski definition) is 0. The highest BCUT2D eigenvalue weighted by molar-refractivity contribution is 9.13. The molecule has 0 amide bonds. The lowest BCUT2D eigenvalue weighted by Crippen LogP contribution is -2.23. The van der Waals surface area contributed by atoms with Crippen LogP contribution < -0.4 is 5.56 Å². The fourth-order valence-corrected chi connectivity index (χ4v) is 1.64. The number of nitriles is 1. The van der Waals surface area contributed by atoms with E-state index in [4.69, 9.17) is 5.26 Å². The number of nitrogens with zero attached hydrogens (tertiary/aromatic N) is 3. The van der Waals surface area contributed by atoms with Crippen molar-refractivity contribution in [3.8, 4) is 6.07 Å². The molecule has 0 spiro atoms. The van der Waals surface area contributed by atoms with Gasteiger partial charge in [0.2, 0.25) is 0 Å². The lowest BCUT2D eigenvalue weighted by molar-refractivity contribution is 0.532. The Bertz CT molecular complexity index is 436. The smallest absolute Gasteiger partial charge is 0.266 e. The second-order valence-corrected chi connectivity index (χ2v) is 4.60. The number of unbranched alkanes of at least 4 members (excludes halogenated alkanes) is 2. The average molecular weight is 335 g/mol. The van der Waals surface area contributed by atoms with Gasteiger partial charge in [0.05, 0.1) is 16.7 Å². The summed E-state index contributed by atoms with van der Waals surface area (Å²) in [5, 5.41) is 12.3. The van der Waals surface area contributed by atoms with Crippen molar-refractivity contribution < 1.29 is 0 Å². The molecule has 1 rings (SSSR count). The van der Waals surface area contributed by atoms with Gasteiger partial charge < -0.3 is 0 Å². The molecule has 0 unspecified atom stereocenters. The monoisotopic (exact) mass is 333 g/mol. The van der Waals surface area contributed by atoms with Crippen molar-refractivity contribution in [2.75, 3.05) is 0 Å². The van der Waals surface area contributed by atoms with Crippen LogP contribution in [0.1, 0.15) is 19.3 Å². The SMILES string of the molecule is N#CCCCCn1ncc(Br)c(Br)c1=O. The highest BCUT2D eigenvalue weighted by atomic mass is 79.9. The summed E-state index contributed by atoms with van der Waals surface area (Å²) in [5.74, 6) is 0. The minimum Gasteiger partial charge on any atom is -0.266 e. The zero-order valence-electron chi connectivity index (χ0n) is 7.91. The zero-order chi connectivity index (χ0) is 11.3. The zero-order valence-corrected chi connectivity index (χ0v) is 11.1. The molecule has 0 saturated carbocycles. The van der Waals surface area contributed by atoms with Crippen molar-refractivity contribution in [1.29, 1.82) is 5.26 Å². The van der Waals surface area contributed by atoms with Crippen LogP contribution in [0.15, 0.2) is 19.9 Å². The van der Waals surface area contributed by atoms with Gasteiger partial charge in [-0.05, 0) is 44.7 Å². The first-order valence-electron chi connectivity index (χ1n) is 4.45. The Morgan fingerprint density at radius 3 is 2.87 bits per heavy atom. The summed E-state index contributed by atoms with van der Waals surface area (Å²) < 4.78 is 2.53. The van der Waals surface area contributed by atoms with E-state index in [1.54, 1.807) is 6.20 Å². The summed E-state index contributed by atoms with van der Waals surface area (Å²) in [5.41, 5.74) is -0.152. The van der Waals surface area contributed by atoms with E-state index in [9.17, 15) is 4.79 Å². The Kier molecular flexibility index (Phi) is 4.99. The van der Waals surface area contributed by atoms with Crippen LogP contribution in [-0.4, -0.2) is 9.78 Å². The molecule has 0 atom stereocenters. The van der Waals surface area contributed by atoms with Crippen LogP contribution >= 0.6 is 31.9 Å². The van der Waals surface area contributed by atoms with Gasteiger partial charge in [-0.15, -0.1) is 0 Å². The van der Waals surface area contributed by atoms with E-state index in [-0.39, 0.29) is 5.56 Å². The first kappa shape index (κ1) is 12.4. The predicted octanol–water partition coefficient (Wildman–Crippen LogP) is 2.46. The van der Waals surface area contributed by atoms with E-state index in [1.807, 2.05) is 0 Å². The van der Waals surface area contributed by atoms with Crippen LogP contribution in [0.25, 0.3) is 0 Å². The number of hydrogen-bond acceptors (Lipinski definition) is 3. The van der Waals surface area contributed by atoms with Gasteiger partial charge in [-0.3, -0.25) is 4.79 Å². The lowest BCUT2D eigenvalue weighted by atomic mass is 10.2. The topological polar surface area (TPSA) is 58.7 Å². The maximum absolute atomic E-state index is 11.6. The summed E-state index contributed by atoms with van der Waals surface area (Å²) in [4.78, 5) is 11.6. The van der Waals surface area contributed by atoms with Gasteiger partial charge in [-0.1, -0.05) is 0 Å². The van der Waals surface area contributed by atoms with Crippen LogP contribution in [-0.2, 0) is 6.54 Å². The van der Waals surface area contributed by atoms with Crippen molar-refractivity contribution in [3.63, 3.8) is 0 Å². The molecule has 1 aromatic heterocycles. The van der Waals surface area contributed by atoms with Gasteiger partial charge in [0.15, 0.2) is 0 Å². The van der Waals surface area contributed by atoms with Gasteiger partial charge in [-0.2, -0.15) is 10.4 Å². The van der Waals surface area contributed by atoms with E-state index in [0.29, 0.717) is 21.9 Å². The van der Waals surface area contributed by atoms with Crippen LogP contribution in [0.4, 0.5) is 0 Å². The Balaban J connectivity index is 2.67. The summed E-state index contributed by atoms with van der Waals surface area (Å²) >= 11 is 6.39. The van der Waals surface area contributed by atoms with Crippen molar-refractivity contribution in [3.05, 3.63) is 25.5 Å². The second-order valence-electron chi connectivity index (χ2n) is 2.95. The fourth-order valence-electron chi connectivity index (χ4n) is 1.07. The van der Waals surface area contributed by atoms with Gasteiger partial charge in [0.25, 0.3) is 5.56 Å². The largest absolute Gasteiger partial charge is 0.282 e. The van der Waals surface area contributed by atoms with Crippen molar-refractivity contribution in [2.45, 2.75) is 25.8 Å². The van der Waals surface area contributed by atoms with E-state index < -0.39 is 0 Å². The maximum Gasteiger partial charge on any atom is 0.282 e.